The van der Waals surface area contributed by atoms with Gasteiger partial charge >= 0.3 is 0 Å². The maximum absolute atomic E-state index is 13.1. The lowest BCUT2D eigenvalue weighted by molar-refractivity contribution is -0.144. The molecule has 0 aliphatic heterocycles. The number of carbonyl (C=O) groups is 1. The van der Waals surface area contributed by atoms with Gasteiger partial charge in [0.1, 0.15) is 5.60 Å². The van der Waals surface area contributed by atoms with Crippen molar-refractivity contribution in [2.45, 2.75) is 45.6 Å². The predicted octanol–water partition coefficient (Wildman–Crippen LogP) is 3.67. The van der Waals surface area contributed by atoms with Crippen molar-refractivity contribution in [2.75, 3.05) is 6.61 Å². The highest BCUT2D eigenvalue weighted by molar-refractivity contribution is 5.89. The molecule has 0 radical (unpaired) electrons. The first-order chi connectivity index (χ1) is 8.99. The first-order valence-electron chi connectivity index (χ1n) is 6.60. The number of halogens is 2. The third-order valence-electron chi connectivity index (χ3n) is 3.42. The van der Waals surface area contributed by atoms with E-state index in [1.807, 2.05) is 20.8 Å². The van der Waals surface area contributed by atoms with E-state index in [2.05, 4.69) is 0 Å². The molecule has 0 N–H and O–H groups in total. The van der Waals surface area contributed by atoms with Gasteiger partial charge in [0.25, 0.3) is 0 Å². The van der Waals surface area contributed by atoms with Crippen LogP contribution in [0.5, 0.6) is 0 Å². The molecule has 1 aromatic carbocycles. The Kier molecular flexibility index (Phi) is 5.60. The fourth-order valence-electron chi connectivity index (χ4n) is 2.20. The highest BCUT2D eigenvalue weighted by atomic mass is 19.2. The van der Waals surface area contributed by atoms with E-state index in [0.29, 0.717) is 25.0 Å². The van der Waals surface area contributed by atoms with Crippen LogP contribution in [0.2, 0.25) is 0 Å². The third kappa shape index (κ3) is 3.60. The fourth-order valence-corrected chi connectivity index (χ4v) is 2.20. The third-order valence-corrected chi connectivity index (χ3v) is 3.42. The second kappa shape index (κ2) is 6.75. The van der Waals surface area contributed by atoms with Crippen molar-refractivity contribution < 1.29 is 18.3 Å². The maximum Gasteiger partial charge on any atom is 0.168 e. The van der Waals surface area contributed by atoms with Gasteiger partial charge in [0, 0.05) is 13.0 Å². The number of Topliss-reactive ketones (excluding diaryl/α,β-unsaturated/α-hetero) is 1. The van der Waals surface area contributed by atoms with Gasteiger partial charge < -0.3 is 4.74 Å². The second-order valence-electron chi connectivity index (χ2n) is 4.48. The van der Waals surface area contributed by atoms with E-state index in [1.54, 1.807) is 0 Å². The van der Waals surface area contributed by atoms with E-state index in [9.17, 15) is 13.6 Å². The van der Waals surface area contributed by atoms with E-state index >= 15 is 0 Å². The smallest absolute Gasteiger partial charge is 0.168 e. The molecule has 0 spiro atoms. The zero-order chi connectivity index (χ0) is 14.5. The topological polar surface area (TPSA) is 26.3 Å². The molecule has 0 saturated carbocycles. The summed E-state index contributed by atoms with van der Waals surface area (Å²) in [6.07, 6.45) is 1.19. The highest BCUT2D eigenvalue weighted by Gasteiger charge is 2.34. The number of ether oxygens (including phenoxy) is 1. The van der Waals surface area contributed by atoms with Crippen molar-refractivity contribution in [2.24, 2.45) is 0 Å². The molecule has 2 nitrogen and oxygen atoms in total. The lowest BCUT2D eigenvalue weighted by atomic mass is 9.88. The van der Waals surface area contributed by atoms with E-state index in [1.165, 1.54) is 6.07 Å². The Hall–Kier alpha value is -1.29. The van der Waals surface area contributed by atoms with Crippen molar-refractivity contribution in [3.63, 3.8) is 0 Å². The second-order valence-corrected chi connectivity index (χ2v) is 4.48. The summed E-state index contributed by atoms with van der Waals surface area (Å²) < 4.78 is 31.6. The van der Waals surface area contributed by atoms with Gasteiger partial charge in [0.2, 0.25) is 0 Å². The summed E-state index contributed by atoms with van der Waals surface area (Å²) in [5.74, 6) is -1.93. The first-order valence-corrected chi connectivity index (χ1v) is 6.60. The summed E-state index contributed by atoms with van der Waals surface area (Å²) in [7, 11) is 0. The Morgan fingerprint density at radius 3 is 2.26 bits per heavy atom. The lowest BCUT2D eigenvalue weighted by Crippen LogP contribution is -2.41. The first kappa shape index (κ1) is 15.8. The standard InChI is InChI=1S/C15H20F2O2/c1-4-15(5-2,19-6-3)14(18)10-11-7-8-12(16)13(17)9-11/h7-9H,4-6,10H2,1-3H3. The van der Waals surface area contributed by atoms with Crippen LogP contribution in [0.4, 0.5) is 8.78 Å². The predicted molar refractivity (Wildman–Crippen MR) is 70.0 cm³/mol. The lowest BCUT2D eigenvalue weighted by Gasteiger charge is -2.30. The molecule has 4 heteroatoms. The van der Waals surface area contributed by atoms with E-state index in [-0.39, 0.29) is 12.2 Å². The van der Waals surface area contributed by atoms with Crippen LogP contribution in [0.15, 0.2) is 18.2 Å². The zero-order valence-electron chi connectivity index (χ0n) is 11.6. The summed E-state index contributed by atoms with van der Waals surface area (Å²) in [6.45, 7) is 6.07. The van der Waals surface area contributed by atoms with E-state index in [4.69, 9.17) is 4.74 Å². The summed E-state index contributed by atoms with van der Waals surface area (Å²) in [4.78, 5) is 12.3. The van der Waals surface area contributed by atoms with Crippen molar-refractivity contribution >= 4 is 5.78 Å². The Morgan fingerprint density at radius 1 is 1.16 bits per heavy atom. The molecule has 1 aromatic rings. The van der Waals surface area contributed by atoms with Gasteiger partial charge in [0.15, 0.2) is 17.4 Å². The Balaban J connectivity index is 2.90. The Morgan fingerprint density at radius 2 is 1.79 bits per heavy atom. The average molecular weight is 270 g/mol. The van der Waals surface area contributed by atoms with E-state index < -0.39 is 17.2 Å². The number of ketones is 1. The minimum absolute atomic E-state index is 0.0544. The minimum Gasteiger partial charge on any atom is -0.368 e. The zero-order valence-corrected chi connectivity index (χ0v) is 11.6. The van der Waals surface area contributed by atoms with Gasteiger partial charge in [-0.2, -0.15) is 0 Å². The molecule has 0 fully saturated rings. The van der Waals surface area contributed by atoms with Gasteiger partial charge in [-0.05, 0) is 37.5 Å². The van der Waals surface area contributed by atoms with Crippen LogP contribution in [0.3, 0.4) is 0 Å². The van der Waals surface area contributed by atoms with Gasteiger partial charge in [0.05, 0.1) is 0 Å². The summed E-state index contributed by atoms with van der Waals surface area (Å²) in [5.41, 5.74) is -0.352. The number of carbonyl (C=O) groups excluding carboxylic acids is 1. The van der Waals surface area contributed by atoms with Crippen LogP contribution in [-0.2, 0) is 16.0 Å². The monoisotopic (exact) mass is 270 g/mol. The van der Waals surface area contributed by atoms with Crippen LogP contribution < -0.4 is 0 Å². The molecule has 0 atom stereocenters. The molecule has 0 amide bonds. The van der Waals surface area contributed by atoms with Gasteiger partial charge in [-0.15, -0.1) is 0 Å². The molecule has 0 unspecified atom stereocenters. The van der Waals surface area contributed by atoms with Crippen molar-refractivity contribution in [1.29, 1.82) is 0 Å². The van der Waals surface area contributed by atoms with Gasteiger partial charge in [-0.3, -0.25) is 4.79 Å². The van der Waals surface area contributed by atoms with Gasteiger partial charge in [-0.25, -0.2) is 8.78 Å². The van der Waals surface area contributed by atoms with Crippen LogP contribution in [0, 0.1) is 11.6 Å². The molecule has 19 heavy (non-hydrogen) atoms. The molecule has 0 aromatic heterocycles. The molecule has 0 saturated heterocycles. The molecule has 0 aliphatic carbocycles. The fraction of sp³-hybridized carbons (Fsp3) is 0.533. The Bertz CT molecular complexity index is 440. The summed E-state index contributed by atoms with van der Waals surface area (Å²) in [6, 6.07) is 3.53. The molecular formula is C15H20F2O2. The van der Waals surface area contributed by atoms with E-state index in [0.717, 1.165) is 12.1 Å². The van der Waals surface area contributed by atoms with Crippen molar-refractivity contribution in [1.82, 2.24) is 0 Å². The molecule has 0 aliphatic rings. The largest absolute Gasteiger partial charge is 0.368 e. The summed E-state index contributed by atoms with van der Waals surface area (Å²) >= 11 is 0. The Labute approximate surface area is 112 Å². The van der Waals surface area contributed by atoms with Crippen LogP contribution in [-0.4, -0.2) is 18.0 Å². The number of hydrogen-bond acceptors (Lipinski definition) is 2. The van der Waals surface area contributed by atoms with Crippen molar-refractivity contribution in [3.8, 4) is 0 Å². The molecule has 0 bridgehead atoms. The molecule has 1 rings (SSSR count). The molecule has 0 heterocycles. The summed E-state index contributed by atoms with van der Waals surface area (Å²) in [5, 5.41) is 0. The normalized spacial score (nSPS) is 11.6. The molecular weight excluding hydrogens is 250 g/mol. The van der Waals surface area contributed by atoms with Crippen LogP contribution in [0.25, 0.3) is 0 Å². The average Bonchev–Trinajstić information content (AvgIpc) is 2.40. The quantitative estimate of drug-likeness (QED) is 0.755. The van der Waals surface area contributed by atoms with Crippen LogP contribution in [0.1, 0.15) is 39.2 Å². The SMILES string of the molecule is CCOC(CC)(CC)C(=O)Cc1ccc(F)c(F)c1. The highest BCUT2D eigenvalue weighted by Crippen LogP contribution is 2.24. The number of rotatable bonds is 7. The number of benzene rings is 1. The van der Waals surface area contributed by atoms with Crippen molar-refractivity contribution in [3.05, 3.63) is 35.4 Å². The molecule has 106 valence electrons. The minimum atomic E-state index is -0.930. The number of hydrogen-bond donors (Lipinski definition) is 0. The van der Waals surface area contributed by atoms with Crippen LogP contribution >= 0.6 is 0 Å². The van der Waals surface area contributed by atoms with Gasteiger partial charge in [-0.1, -0.05) is 19.9 Å². The maximum atomic E-state index is 13.1.